The van der Waals surface area contributed by atoms with Crippen LogP contribution >= 0.6 is 0 Å². The van der Waals surface area contributed by atoms with Crippen LogP contribution in [0.2, 0.25) is 0 Å². The number of aryl methyl sites for hydroxylation is 1. The number of nitrogens with two attached hydrogens (primary N) is 1. The Hall–Kier alpha value is -2.91. The van der Waals surface area contributed by atoms with Gasteiger partial charge in [-0.2, -0.15) is 0 Å². The van der Waals surface area contributed by atoms with Gasteiger partial charge in [-0.05, 0) is 49.2 Å². The summed E-state index contributed by atoms with van der Waals surface area (Å²) in [6.07, 6.45) is -0.490. The van der Waals surface area contributed by atoms with Gasteiger partial charge in [0, 0.05) is 12.1 Å². The van der Waals surface area contributed by atoms with Crippen molar-refractivity contribution in [2.45, 2.75) is 30.8 Å². The molecule has 3 N–H and O–H groups in total. The lowest BCUT2D eigenvalue weighted by molar-refractivity contribution is -0.153. The zero-order valence-corrected chi connectivity index (χ0v) is 16.4. The molecule has 0 aliphatic carbocycles. The van der Waals surface area contributed by atoms with Crippen molar-refractivity contribution in [3.63, 3.8) is 0 Å². The first-order valence-electron chi connectivity index (χ1n) is 8.46. The SMILES string of the molecule is COc1ccccc1CCC(=O)O[C@@H](C)C(=O)Nc1ccc(S(N)(=O)=O)cc1. The van der Waals surface area contributed by atoms with E-state index in [1.165, 1.54) is 31.2 Å². The molecule has 0 spiro atoms. The average molecular weight is 406 g/mol. The van der Waals surface area contributed by atoms with Crippen molar-refractivity contribution >= 4 is 27.6 Å². The molecule has 0 heterocycles. The van der Waals surface area contributed by atoms with Crippen LogP contribution in [0.3, 0.4) is 0 Å². The van der Waals surface area contributed by atoms with Crippen molar-refractivity contribution in [3.8, 4) is 5.75 Å². The number of carbonyl (C=O) groups excluding carboxylic acids is 2. The molecule has 150 valence electrons. The number of esters is 1. The quantitative estimate of drug-likeness (QED) is 0.645. The smallest absolute Gasteiger partial charge is 0.306 e. The number of benzene rings is 2. The van der Waals surface area contributed by atoms with Crippen LogP contribution in [0.4, 0.5) is 5.69 Å². The predicted octanol–water partition coefficient (Wildman–Crippen LogP) is 1.85. The minimum Gasteiger partial charge on any atom is -0.496 e. The van der Waals surface area contributed by atoms with Gasteiger partial charge in [-0.25, -0.2) is 13.6 Å². The highest BCUT2D eigenvalue weighted by atomic mass is 32.2. The van der Waals surface area contributed by atoms with Gasteiger partial charge < -0.3 is 14.8 Å². The molecule has 0 radical (unpaired) electrons. The molecule has 9 heteroatoms. The van der Waals surface area contributed by atoms with Crippen LogP contribution in [0.25, 0.3) is 0 Å². The Morgan fingerprint density at radius 3 is 2.36 bits per heavy atom. The van der Waals surface area contributed by atoms with Crippen molar-refractivity contribution in [1.29, 1.82) is 0 Å². The van der Waals surface area contributed by atoms with E-state index in [-0.39, 0.29) is 11.3 Å². The molecule has 0 fully saturated rings. The van der Waals surface area contributed by atoms with E-state index >= 15 is 0 Å². The number of methoxy groups -OCH3 is 1. The minimum absolute atomic E-state index is 0.0682. The number of carbonyl (C=O) groups is 2. The summed E-state index contributed by atoms with van der Waals surface area (Å²) in [5.74, 6) is -0.365. The number of hydrogen-bond acceptors (Lipinski definition) is 6. The fraction of sp³-hybridized carbons (Fsp3) is 0.263. The monoisotopic (exact) mass is 406 g/mol. The molecular weight excluding hydrogens is 384 g/mol. The second-order valence-electron chi connectivity index (χ2n) is 6.00. The van der Waals surface area contributed by atoms with E-state index < -0.39 is 28.0 Å². The summed E-state index contributed by atoms with van der Waals surface area (Å²) in [7, 11) is -2.25. The first-order valence-corrected chi connectivity index (χ1v) is 10.0. The zero-order chi connectivity index (χ0) is 20.7. The maximum atomic E-state index is 12.2. The molecule has 2 aromatic rings. The van der Waals surface area contributed by atoms with Gasteiger partial charge in [0.05, 0.1) is 12.0 Å². The maximum Gasteiger partial charge on any atom is 0.306 e. The number of sulfonamides is 1. The highest BCUT2D eigenvalue weighted by Gasteiger charge is 2.18. The van der Waals surface area contributed by atoms with Crippen molar-refractivity contribution in [2.75, 3.05) is 12.4 Å². The molecule has 0 saturated heterocycles. The Bertz CT molecular complexity index is 941. The van der Waals surface area contributed by atoms with Gasteiger partial charge in [-0.3, -0.25) is 9.59 Å². The Morgan fingerprint density at radius 2 is 1.75 bits per heavy atom. The van der Waals surface area contributed by atoms with Gasteiger partial charge in [-0.15, -0.1) is 0 Å². The van der Waals surface area contributed by atoms with Gasteiger partial charge >= 0.3 is 5.97 Å². The highest BCUT2D eigenvalue weighted by Crippen LogP contribution is 2.19. The first-order chi connectivity index (χ1) is 13.2. The molecule has 2 aromatic carbocycles. The number of para-hydroxylation sites is 1. The molecule has 2 rings (SSSR count). The van der Waals surface area contributed by atoms with Crippen LogP contribution in [0.15, 0.2) is 53.4 Å². The Morgan fingerprint density at radius 1 is 1.11 bits per heavy atom. The molecule has 0 aliphatic heterocycles. The van der Waals surface area contributed by atoms with Crippen molar-refractivity contribution in [2.24, 2.45) is 5.14 Å². The van der Waals surface area contributed by atoms with Crippen LogP contribution in [0.1, 0.15) is 18.9 Å². The molecule has 0 aliphatic rings. The van der Waals surface area contributed by atoms with E-state index in [0.717, 1.165) is 5.56 Å². The van der Waals surface area contributed by atoms with E-state index in [2.05, 4.69) is 5.32 Å². The molecule has 0 unspecified atom stereocenters. The number of rotatable bonds is 8. The number of nitrogens with one attached hydrogen (secondary N) is 1. The molecule has 1 amide bonds. The molecule has 0 bridgehead atoms. The lowest BCUT2D eigenvalue weighted by Crippen LogP contribution is -2.30. The first kappa shape index (κ1) is 21.4. The highest BCUT2D eigenvalue weighted by molar-refractivity contribution is 7.89. The van der Waals surface area contributed by atoms with Crippen molar-refractivity contribution < 1.29 is 27.5 Å². The normalized spacial score (nSPS) is 12.1. The van der Waals surface area contributed by atoms with Gasteiger partial charge in [0.15, 0.2) is 6.10 Å². The fourth-order valence-corrected chi connectivity index (χ4v) is 2.94. The molecule has 8 nitrogen and oxygen atoms in total. The standard InChI is InChI=1S/C19H22N2O6S/c1-13(19(23)21-15-8-10-16(11-9-15)28(20,24)25)27-18(22)12-7-14-5-3-4-6-17(14)26-2/h3-6,8-11,13H,7,12H2,1-2H3,(H,21,23)(H2,20,24,25)/t13-/m0/s1. The number of amides is 1. The van der Waals surface area contributed by atoms with Gasteiger partial charge in [0.2, 0.25) is 10.0 Å². The molecule has 0 aromatic heterocycles. The number of primary sulfonamides is 1. The third kappa shape index (κ3) is 6.07. The Kier molecular flexibility index (Phi) is 7.13. The predicted molar refractivity (Wildman–Crippen MR) is 103 cm³/mol. The van der Waals surface area contributed by atoms with Crippen molar-refractivity contribution in [1.82, 2.24) is 0 Å². The summed E-state index contributed by atoms with van der Waals surface area (Å²) in [6.45, 7) is 1.45. The second kappa shape index (κ2) is 9.34. The Balaban J connectivity index is 1.86. The average Bonchev–Trinajstić information content (AvgIpc) is 2.66. The lowest BCUT2D eigenvalue weighted by Gasteiger charge is -2.14. The number of anilines is 1. The Labute approximate surface area is 163 Å². The third-order valence-electron chi connectivity index (χ3n) is 3.92. The zero-order valence-electron chi connectivity index (χ0n) is 15.5. The van der Waals surface area contributed by atoms with Gasteiger partial charge in [0.25, 0.3) is 5.91 Å². The van der Waals surface area contributed by atoms with Crippen LogP contribution in [-0.4, -0.2) is 33.5 Å². The minimum atomic E-state index is -3.81. The van der Waals surface area contributed by atoms with Crippen LogP contribution in [0.5, 0.6) is 5.75 Å². The summed E-state index contributed by atoms with van der Waals surface area (Å²) in [6, 6.07) is 12.7. The number of hydrogen-bond donors (Lipinski definition) is 2. The summed E-state index contributed by atoms with van der Waals surface area (Å²) in [4.78, 5) is 24.1. The molecule has 0 saturated carbocycles. The topological polar surface area (TPSA) is 125 Å². The maximum absolute atomic E-state index is 12.2. The molecule has 28 heavy (non-hydrogen) atoms. The fourth-order valence-electron chi connectivity index (χ4n) is 2.43. The number of ether oxygens (including phenoxy) is 2. The van der Waals surface area contributed by atoms with Gasteiger partial charge in [-0.1, -0.05) is 18.2 Å². The lowest BCUT2D eigenvalue weighted by atomic mass is 10.1. The largest absolute Gasteiger partial charge is 0.496 e. The van der Waals surface area contributed by atoms with E-state index in [4.69, 9.17) is 14.6 Å². The van der Waals surface area contributed by atoms with Crippen LogP contribution < -0.4 is 15.2 Å². The second-order valence-corrected chi connectivity index (χ2v) is 7.56. The van der Waals surface area contributed by atoms with E-state index in [9.17, 15) is 18.0 Å². The summed E-state index contributed by atoms with van der Waals surface area (Å²) in [5.41, 5.74) is 1.23. The molecular formula is C19H22N2O6S. The van der Waals surface area contributed by atoms with Crippen molar-refractivity contribution in [3.05, 3.63) is 54.1 Å². The summed E-state index contributed by atoms with van der Waals surface area (Å²) >= 11 is 0. The third-order valence-corrected chi connectivity index (χ3v) is 4.85. The van der Waals surface area contributed by atoms with Crippen LogP contribution in [0, 0.1) is 0 Å². The van der Waals surface area contributed by atoms with E-state index in [0.29, 0.717) is 17.9 Å². The molecule has 1 atom stereocenters. The van der Waals surface area contributed by atoms with E-state index in [1.54, 1.807) is 13.2 Å². The van der Waals surface area contributed by atoms with Gasteiger partial charge in [0.1, 0.15) is 5.75 Å². The summed E-state index contributed by atoms with van der Waals surface area (Å²) in [5, 5.41) is 7.57. The van der Waals surface area contributed by atoms with E-state index in [1.807, 2.05) is 18.2 Å². The summed E-state index contributed by atoms with van der Waals surface area (Å²) < 4.78 is 32.8. The van der Waals surface area contributed by atoms with Crippen LogP contribution in [-0.2, 0) is 30.8 Å².